The molecule has 4 atom stereocenters. The van der Waals surface area contributed by atoms with E-state index in [1.165, 1.54) is 24.8 Å². The quantitative estimate of drug-likeness (QED) is 0.162. The lowest BCUT2D eigenvalue weighted by molar-refractivity contribution is -0.126. The van der Waals surface area contributed by atoms with E-state index in [2.05, 4.69) is 17.6 Å². The minimum atomic E-state index is -2.80. The van der Waals surface area contributed by atoms with Crippen molar-refractivity contribution in [2.45, 2.75) is 110 Å². The molecule has 0 aromatic rings. The van der Waals surface area contributed by atoms with Gasteiger partial charge in [-0.25, -0.2) is 8.78 Å². The molecule has 1 aliphatic heterocycles. The number of ketones is 2. The number of hydrogen-bond acceptors (Lipinski definition) is 3. The van der Waals surface area contributed by atoms with Crippen molar-refractivity contribution in [2.24, 2.45) is 23.2 Å². The number of likely N-dealkylation sites (tertiary alicyclic amines) is 1. The van der Waals surface area contributed by atoms with Crippen LogP contribution >= 0.6 is 0 Å². The number of halogens is 2. The highest BCUT2D eigenvalue weighted by Gasteiger charge is 2.56. The highest BCUT2D eigenvalue weighted by atomic mass is 19.3. The van der Waals surface area contributed by atoms with E-state index in [1.54, 1.807) is 19.1 Å². The van der Waals surface area contributed by atoms with E-state index >= 15 is 0 Å². The third kappa shape index (κ3) is 6.56. The average Bonchev–Trinajstić information content (AvgIpc) is 3.51. The van der Waals surface area contributed by atoms with Crippen LogP contribution in [0.2, 0.25) is 0 Å². The number of carbonyl (C=O) groups is 2. The Balaban J connectivity index is 1.14. The number of nitrogens with zero attached hydrogens (tertiary/aromatic N) is 1. The van der Waals surface area contributed by atoms with E-state index in [0.717, 1.165) is 94.0 Å². The van der Waals surface area contributed by atoms with Gasteiger partial charge in [-0.05, 0) is 131 Å². The molecule has 0 aromatic heterocycles. The van der Waals surface area contributed by atoms with Crippen LogP contribution in [-0.2, 0) is 9.59 Å². The minimum Gasteiger partial charge on any atom is -0.300 e. The van der Waals surface area contributed by atoms with E-state index in [1.807, 2.05) is 25.2 Å². The first-order valence-electron chi connectivity index (χ1n) is 16.4. The van der Waals surface area contributed by atoms with Crippen molar-refractivity contribution < 1.29 is 18.4 Å². The van der Waals surface area contributed by atoms with E-state index in [9.17, 15) is 18.4 Å². The molecule has 0 radical (unpaired) electrons. The van der Waals surface area contributed by atoms with Crippen molar-refractivity contribution in [3.8, 4) is 0 Å². The van der Waals surface area contributed by atoms with Crippen molar-refractivity contribution in [2.75, 3.05) is 13.1 Å². The molecule has 5 rings (SSSR count). The Bertz CT molecular complexity index is 1240. The summed E-state index contributed by atoms with van der Waals surface area (Å²) in [6, 6.07) is 0.494. The topological polar surface area (TPSA) is 37.4 Å². The Kier molecular flexibility index (Phi) is 9.37. The van der Waals surface area contributed by atoms with Crippen molar-refractivity contribution >= 4 is 11.6 Å². The molecule has 1 heterocycles. The molecule has 0 bridgehead atoms. The van der Waals surface area contributed by atoms with Gasteiger partial charge in [-0.3, -0.25) is 9.59 Å². The fourth-order valence-corrected chi connectivity index (χ4v) is 8.55. The normalized spacial score (nSPS) is 30.1. The highest BCUT2D eigenvalue weighted by molar-refractivity contribution is 6.00. The Morgan fingerprint density at radius 1 is 1.19 bits per heavy atom. The zero-order valence-corrected chi connectivity index (χ0v) is 25.9. The number of carbonyl (C=O) groups excluding carboxylic acids is 2. The summed E-state index contributed by atoms with van der Waals surface area (Å²) in [5, 5.41) is 0. The number of Topliss-reactive ketones (excluding diaryl/α,β-unsaturated/α-hetero) is 1. The molecule has 0 N–H and O–H groups in total. The van der Waals surface area contributed by atoms with Crippen LogP contribution < -0.4 is 0 Å². The summed E-state index contributed by atoms with van der Waals surface area (Å²) in [4.78, 5) is 27.7. The van der Waals surface area contributed by atoms with Gasteiger partial charge in [0.25, 0.3) is 5.92 Å². The van der Waals surface area contributed by atoms with Crippen LogP contribution in [0.3, 0.4) is 0 Å². The number of piperidine rings is 1. The van der Waals surface area contributed by atoms with Gasteiger partial charge in [-0.2, -0.15) is 0 Å². The number of fused-ring (bicyclic) bond motifs is 2. The van der Waals surface area contributed by atoms with Gasteiger partial charge in [-0.15, -0.1) is 0 Å². The van der Waals surface area contributed by atoms with E-state index in [0.29, 0.717) is 24.2 Å². The van der Waals surface area contributed by atoms with Crippen LogP contribution in [0.1, 0.15) is 97.8 Å². The first-order chi connectivity index (χ1) is 20.0. The lowest BCUT2D eigenvalue weighted by Crippen LogP contribution is -2.41. The Morgan fingerprint density at radius 2 is 1.95 bits per heavy atom. The summed E-state index contributed by atoms with van der Waals surface area (Å²) in [5.74, 6) is -1.44. The second-order valence-electron chi connectivity index (χ2n) is 13.7. The Labute approximate surface area is 251 Å². The highest BCUT2D eigenvalue weighted by Crippen LogP contribution is 2.58. The third-order valence-corrected chi connectivity index (χ3v) is 10.9. The molecule has 5 aliphatic rings. The van der Waals surface area contributed by atoms with E-state index < -0.39 is 5.92 Å². The maximum absolute atomic E-state index is 14.1. The molecule has 0 aromatic carbocycles. The molecular formula is C37H49F2NO2. The maximum atomic E-state index is 14.1. The SMILES string of the molecule is C=C(CCC1=C(CC)C=C(C(C)(F)F)C2C=C12)C(=O)[C@@]12CCC[C@@H]1C[C@H](N1CCC(CC/C=C\C=C/C(C)=O)CC1)C2. The third-order valence-electron chi connectivity index (χ3n) is 10.9. The van der Waals surface area contributed by atoms with Gasteiger partial charge in [0.05, 0.1) is 0 Å². The Morgan fingerprint density at radius 3 is 2.64 bits per heavy atom. The fraction of sp³-hybridized carbons (Fsp3) is 0.622. The van der Waals surface area contributed by atoms with Crippen molar-refractivity contribution in [1.82, 2.24) is 4.90 Å². The number of alkyl halides is 2. The molecular weight excluding hydrogens is 528 g/mol. The van der Waals surface area contributed by atoms with Crippen LogP contribution in [0.25, 0.3) is 0 Å². The van der Waals surface area contributed by atoms with Crippen LogP contribution in [-0.4, -0.2) is 41.5 Å². The van der Waals surface area contributed by atoms with Gasteiger partial charge in [-0.1, -0.05) is 50.3 Å². The number of allylic oxidation sites excluding steroid dienone is 11. The van der Waals surface area contributed by atoms with E-state index in [4.69, 9.17) is 0 Å². The lowest BCUT2D eigenvalue weighted by Gasteiger charge is -2.37. The number of rotatable bonds is 13. The monoisotopic (exact) mass is 577 g/mol. The molecule has 0 spiro atoms. The summed E-state index contributed by atoms with van der Waals surface area (Å²) >= 11 is 0. The van der Waals surface area contributed by atoms with Gasteiger partial charge < -0.3 is 4.90 Å². The van der Waals surface area contributed by atoms with Crippen molar-refractivity contribution in [3.05, 3.63) is 70.9 Å². The maximum Gasteiger partial charge on any atom is 0.267 e. The lowest BCUT2D eigenvalue weighted by atomic mass is 9.73. The van der Waals surface area contributed by atoms with Gasteiger partial charge in [0.2, 0.25) is 0 Å². The summed E-state index contributed by atoms with van der Waals surface area (Å²) < 4.78 is 28.3. The summed E-state index contributed by atoms with van der Waals surface area (Å²) in [5.41, 5.74) is 3.92. The molecule has 3 fully saturated rings. The van der Waals surface area contributed by atoms with Crippen LogP contribution in [0.5, 0.6) is 0 Å². The molecule has 228 valence electrons. The molecule has 3 nitrogen and oxygen atoms in total. The first-order valence-corrected chi connectivity index (χ1v) is 16.4. The molecule has 5 heteroatoms. The molecule has 2 saturated carbocycles. The van der Waals surface area contributed by atoms with Crippen molar-refractivity contribution in [1.29, 1.82) is 0 Å². The van der Waals surface area contributed by atoms with Gasteiger partial charge in [0.1, 0.15) is 0 Å². The van der Waals surface area contributed by atoms with Gasteiger partial charge in [0.15, 0.2) is 11.6 Å². The molecule has 1 unspecified atom stereocenters. The molecule has 4 aliphatic carbocycles. The van der Waals surface area contributed by atoms with Crippen LogP contribution in [0.4, 0.5) is 8.78 Å². The molecule has 1 saturated heterocycles. The number of hydrogen-bond donors (Lipinski definition) is 0. The smallest absolute Gasteiger partial charge is 0.267 e. The average molecular weight is 578 g/mol. The van der Waals surface area contributed by atoms with Crippen molar-refractivity contribution in [3.63, 3.8) is 0 Å². The Hall–Kier alpha value is -2.40. The summed E-state index contributed by atoms with van der Waals surface area (Å²) in [6.07, 6.45) is 23.4. The summed E-state index contributed by atoms with van der Waals surface area (Å²) in [7, 11) is 0. The molecule has 0 amide bonds. The standard InChI is InChI=1S/C37H49F2NO2/c1-5-28-21-34(36(4,38)39)33-23-32(33)31(28)15-14-25(2)35(42)37-18-10-13-29(37)22-30(24-37)40-19-16-27(17-20-40)12-9-7-6-8-11-26(3)41/h6-8,11,21,23,27,29-30,33H,2,5,9-10,12-20,22,24H2,1,3-4H3/b7-6-,11-8-/t29-,30+,33?,37-/m1/s1. The van der Waals surface area contributed by atoms with Gasteiger partial charge >= 0.3 is 0 Å². The summed E-state index contributed by atoms with van der Waals surface area (Å²) in [6.45, 7) is 11.1. The second kappa shape index (κ2) is 12.7. The van der Waals surface area contributed by atoms with E-state index in [-0.39, 0.29) is 22.7 Å². The molecule has 42 heavy (non-hydrogen) atoms. The predicted octanol–water partition coefficient (Wildman–Crippen LogP) is 8.89. The largest absolute Gasteiger partial charge is 0.300 e. The minimum absolute atomic E-state index is 0.0764. The first kappa shape index (κ1) is 31.0. The van der Waals surface area contributed by atoms with Crippen LogP contribution in [0, 0.1) is 23.2 Å². The zero-order chi connectivity index (χ0) is 30.1. The zero-order valence-electron chi connectivity index (χ0n) is 25.9. The second-order valence-corrected chi connectivity index (χ2v) is 13.7. The fourth-order valence-electron chi connectivity index (χ4n) is 8.55. The predicted molar refractivity (Wildman–Crippen MR) is 166 cm³/mol. The van der Waals surface area contributed by atoms with Crippen LogP contribution in [0.15, 0.2) is 70.9 Å². The van der Waals surface area contributed by atoms with Gasteiger partial charge in [0, 0.05) is 29.9 Å².